The quantitative estimate of drug-likeness (QED) is 0.604. The molecule has 0 saturated carbocycles. The van der Waals surface area contributed by atoms with Gasteiger partial charge in [-0.1, -0.05) is 28.9 Å². The molecule has 0 aliphatic rings. The number of halogens is 1. The van der Waals surface area contributed by atoms with Crippen molar-refractivity contribution in [2.24, 2.45) is 0 Å². The highest BCUT2D eigenvalue weighted by molar-refractivity contribution is 7.99. The number of carbonyl (C=O) groups is 1. The van der Waals surface area contributed by atoms with Gasteiger partial charge < -0.3 is 9.84 Å². The van der Waals surface area contributed by atoms with Gasteiger partial charge in [-0.15, -0.1) is 23.1 Å². The van der Waals surface area contributed by atoms with E-state index in [9.17, 15) is 4.79 Å². The van der Waals surface area contributed by atoms with E-state index >= 15 is 0 Å². The maximum absolute atomic E-state index is 12.2. The van der Waals surface area contributed by atoms with Crippen LogP contribution in [-0.2, 0) is 10.5 Å². The Morgan fingerprint density at radius 1 is 1.27 bits per heavy atom. The normalized spacial score (nSPS) is 10.9. The van der Waals surface area contributed by atoms with Crippen molar-refractivity contribution in [3.8, 4) is 11.3 Å². The number of amides is 1. The van der Waals surface area contributed by atoms with E-state index in [0.29, 0.717) is 21.7 Å². The van der Waals surface area contributed by atoms with Crippen LogP contribution >= 0.6 is 34.7 Å². The highest BCUT2D eigenvalue weighted by atomic mass is 35.5. The summed E-state index contributed by atoms with van der Waals surface area (Å²) in [5.74, 6) is 1.78. The third kappa shape index (κ3) is 4.47. The molecule has 0 bridgehead atoms. The lowest BCUT2D eigenvalue weighted by Crippen LogP contribution is -2.14. The molecular formula is C18H18ClN3O2S2. The van der Waals surface area contributed by atoms with Crippen LogP contribution in [0.2, 0.25) is 5.02 Å². The third-order valence-electron chi connectivity index (χ3n) is 3.82. The van der Waals surface area contributed by atoms with Crippen molar-refractivity contribution < 1.29 is 9.32 Å². The van der Waals surface area contributed by atoms with Crippen LogP contribution in [0.25, 0.3) is 11.3 Å². The molecule has 2 aromatic heterocycles. The van der Waals surface area contributed by atoms with E-state index in [2.05, 4.69) is 15.5 Å². The van der Waals surface area contributed by atoms with Crippen molar-refractivity contribution in [1.82, 2.24) is 10.1 Å². The Balaban J connectivity index is 1.58. The summed E-state index contributed by atoms with van der Waals surface area (Å²) in [4.78, 5) is 17.8. The van der Waals surface area contributed by atoms with Crippen molar-refractivity contribution in [3.05, 3.63) is 51.2 Å². The van der Waals surface area contributed by atoms with Crippen LogP contribution in [-0.4, -0.2) is 21.8 Å². The Hall–Kier alpha value is -1.83. The van der Waals surface area contributed by atoms with Gasteiger partial charge >= 0.3 is 0 Å². The molecule has 8 heteroatoms. The summed E-state index contributed by atoms with van der Waals surface area (Å²) in [7, 11) is 0. The number of anilines is 1. The zero-order valence-electron chi connectivity index (χ0n) is 14.6. The molecular weight excluding hydrogens is 390 g/mol. The monoisotopic (exact) mass is 407 g/mol. The highest BCUT2D eigenvalue weighted by Gasteiger charge is 2.13. The lowest BCUT2D eigenvalue weighted by molar-refractivity contribution is -0.113. The van der Waals surface area contributed by atoms with Crippen LogP contribution in [0.4, 0.5) is 5.13 Å². The largest absolute Gasteiger partial charge is 0.361 e. The number of nitrogens with one attached hydrogen (secondary N) is 1. The smallest absolute Gasteiger partial charge is 0.236 e. The number of nitrogens with zero attached hydrogens (tertiary/aromatic N) is 2. The number of thiazole rings is 1. The van der Waals surface area contributed by atoms with E-state index in [0.717, 1.165) is 33.2 Å². The van der Waals surface area contributed by atoms with Crippen molar-refractivity contribution in [3.63, 3.8) is 0 Å². The summed E-state index contributed by atoms with van der Waals surface area (Å²) in [6.45, 7) is 5.78. The van der Waals surface area contributed by atoms with E-state index in [1.54, 1.807) is 0 Å². The molecule has 136 valence electrons. The van der Waals surface area contributed by atoms with Gasteiger partial charge in [0.1, 0.15) is 5.76 Å². The first-order chi connectivity index (χ1) is 12.4. The van der Waals surface area contributed by atoms with Crippen LogP contribution in [0.5, 0.6) is 0 Å². The summed E-state index contributed by atoms with van der Waals surface area (Å²) in [6.07, 6.45) is 0. The Labute approximate surface area is 165 Å². The Morgan fingerprint density at radius 3 is 2.65 bits per heavy atom. The standard InChI is InChI=1S/C18H18ClN3O2S2/c1-10-15(11(2)24-22-10)8-25-9-16(23)20-18-21-17(12(3)26-18)13-4-6-14(19)7-5-13/h4-7H,8-9H2,1-3H3,(H,20,21,23). The van der Waals surface area contributed by atoms with Crippen LogP contribution < -0.4 is 5.32 Å². The number of hydrogen-bond donors (Lipinski definition) is 1. The molecule has 1 aromatic carbocycles. The van der Waals surface area contributed by atoms with Crippen molar-refractivity contribution >= 4 is 45.7 Å². The molecule has 5 nitrogen and oxygen atoms in total. The number of hydrogen-bond acceptors (Lipinski definition) is 6. The zero-order chi connectivity index (χ0) is 18.7. The first-order valence-electron chi connectivity index (χ1n) is 7.96. The van der Waals surface area contributed by atoms with Crippen molar-refractivity contribution in [1.29, 1.82) is 0 Å². The maximum atomic E-state index is 12.2. The number of thioether (sulfide) groups is 1. The van der Waals surface area contributed by atoms with E-state index < -0.39 is 0 Å². The SMILES string of the molecule is Cc1noc(C)c1CSCC(=O)Nc1nc(-c2ccc(Cl)cc2)c(C)s1. The van der Waals surface area contributed by atoms with Gasteiger partial charge in [0.05, 0.1) is 17.1 Å². The predicted octanol–water partition coefficient (Wildman–Crippen LogP) is 5.25. The lowest BCUT2D eigenvalue weighted by atomic mass is 10.1. The lowest BCUT2D eigenvalue weighted by Gasteiger charge is -2.02. The van der Waals surface area contributed by atoms with Gasteiger partial charge in [0.2, 0.25) is 5.91 Å². The zero-order valence-corrected chi connectivity index (χ0v) is 17.0. The molecule has 1 amide bonds. The van der Waals surface area contributed by atoms with Gasteiger partial charge in [-0.2, -0.15) is 0 Å². The van der Waals surface area contributed by atoms with Crippen molar-refractivity contribution in [2.75, 3.05) is 11.1 Å². The second-order valence-corrected chi connectivity index (χ2v) is 8.40. The third-order valence-corrected chi connectivity index (χ3v) is 5.92. The molecule has 0 spiro atoms. The second kappa shape index (κ2) is 8.24. The minimum Gasteiger partial charge on any atom is -0.361 e. The number of carbonyl (C=O) groups excluding carboxylic acids is 1. The minimum atomic E-state index is -0.0711. The van der Waals surface area contributed by atoms with Gasteiger partial charge in [0.25, 0.3) is 0 Å². The van der Waals surface area contributed by atoms with Gasteiger partial charge in [-0.3, -0.25) is 4.79 Å². The van der Waals surface area contributed by atoms with E-state index in [4.69, 9.17) is 16.1 Å². The Bertz CT molecular complexity index is 900. The molecule has 2 heterocycles. The molecule has 0 saturated heterocycles. The number of benzene rings is 1. The molecule has 26 heavy (non-hydrogen) atoms. The fraction of sp³-hybridized carbons (Fsp3) is 0.278. The first-order valence-corrected chi connectivity index (χ1v) is 10.3. The fourth-order valence-electron chi connectivity index (χ4n) is 2.43. The predicted molar refractivity (Wildman–Crippen MR) is 108 cm³/mol. The van der Waals surface area contributed by atoms with Crippen LogP contribution in [0.1, 0.15) is 21.9 Å². The summed E-state index contributed by atoms with van der Waals surface area (Å²) in [6, 6.07) is 7.52. The van der Waals surface area contributed by atoms with E-state index in [1.807, 2.05) is 45.0 Å². The number of aromatic nitrogens is 2. The van der Waals surface area contributed by atoms with E-state index in [-0.39, 0.29) is 5.91 Å². The minimum absolute atomic E-state index is 0.0711. The molecule has 0 fully saturated rings. The molecule has 1 N–H and O–H groups in total. The number of rotatable bonds is 6. The van der Waals surface area contributed by atoms with Crippen LogP contribution in [0.3, 0.4) is 0 Å². The molecule has 0 aliphatic carbocycles. The molecule has 3 aromatic rings. The fourth-order valence-corrected chi connectivity index (χ4v) is 4.39. The van der Waals surface area contributed by atoms with Gasteiger partial charge in [0.15, 0.2) is 5.13 Å². The van der Waals surface area contributed by atoms with Gasteiger partial charge in [-0.05, 0) is 32.9 Å². The topological polar surface area (TPSA) is 68.0 Å². The maximum Gasteiger partial charge on any atom is 0.236 e. The first kappa shape index (κ1) is 18.9. The Kier molecular flexibility index (Phi) is 6.01. The molecule has 0 radical (unpaired) electrons. The molecule has 0 atom stereocenters. The highest BCUT2D eigenvalue weighted by Crippen LogP contribution is 2.31. The second-order valence-electron chi connectivity index (χ2n) is 5.77. The van der Waals surface area contributed by atoms with E-state index in [1.165, 1.54) is 23.1 Å². The van der Waals surface area contributed by atoms with Crippen molar-refractivity contribution in [2.45, 2.75) is 26.5 Å². The van der Waals surface area contributed by atoms with Gasteiger partial charge in [0, 0.05) is 26.8 Å². The molecule has 0 aliphatic heterocycles. The average molecular weight is 408 g/mol. The number of aryl methyl sites for hydroxylation is 3. The summed E-state index contributed by atoms with van der Waals surface area (Å²) in [5.41, 5.74) is 3.78. The summed E-state index contributed by atoms with van der Waals surface area (Å²) < 4.78 is 5.13. The summed E-state index contributed by atoms with van der Waals surface area (Å²) >= 11 is 8.92. The summed E-state index contributed by atoms with van der Waals surface area (Å²) in [5, 5.41) is 8.09. The molecule has 0 unspecified atom stereocenters. The van der Waals surface area contributed by atoms with Crippen LogP contribution in [0.15, 0.2) is 28.8 Å². The van der Waals surface area contributed by atoms with Gasteiger partial charge in [-0.25, -0.2) is 4.98 Å². The Morgan fingerprint density at radius 2 is 2.00 bits per heavy atom. The molecule has 3 rings (SSSR count). The average Bonchev–Trinajstić information content (AvgIpc) is 3.12. The van der Waals surface area contributed by atoms with Crippen LogP contribution in [0, 0.1) is 20.8 Å².